The largest absolute Gasteiger partial charge is 0.470 e. The Hall–Kier alpha value is -5.19. The van der Waals surface area contributed by atoms with Gasteiger partial charge in [0.15, 0.2) is 5.58 Å². The maximum atomic E-state index is 14.5. The van der Waals surface area contributed by atoms with Gasteiger partial charge in [0, 0.05) is 25.1 Å². The zero-order valence-corrected chi connectivity index (χ0v) is 31.4. The minimum atomic E-state index is -4.37. The van der Waals surface area contributed by atoms with Crippen LogP contribution in [0.25, 0.3) is 11.0 Å². The quantitative estimate of drug-likeness (QED) is 0.272. The number of rotatable bonds is 5. The number of nitrogens with one attached hydrogen (secondary N) is 4. The van der Waals surface area contributed by atoms with Crippen molar-refractivity contribution in [3.05, 3.63) is 55.4 Å². The summed E-state index contributed by atoms with van der Waals surface area (Å²) in [4.78, 5) is 61.3. The highest BCUT2D eigenvalue weighted by molar-refractivity contribution is 7.90. The molecule has 2 saturated carbocycles. The van der Waals surface area contributed by atoms with Crippen LogP contribution in [0.3, 0.4) is 0 Å². The number of ether oxygens (including phenoxy) is 2. The molecule has 2 aliphatic carbocycles. The molecule has 16 nitrogen and oxygen atoms in total. The van der Waals surface area contributed by atoms with Crippen LogP contribution in [0.5, 0.6) is 5.88 Å². The number of aromatic nitrogens is 2. The van der Waals surface area contributed by atoms with E-state index in [2.05, 4.69) is 37.4 Å². The normalized spacial score (nSPS) is 27.9. The summed E-state index contributed by atoms with van der Waals surface area (Å²) >= 11 is 0. The van der Waals surface area contributed by atoms with Crippen molar-refractivity contribution in [1.29, 1.82) is 0 Å². The fourth-order valence-corrected chi connectivity index (χ4v) is 9.08. The molecule has 2 aliphatic heterocycles. The van der Waals surface area contributed by atoms with Crippen molar-refractivity contribution in [2.45, 2.75) is 112 Å². The average molecular weight is 778 g/mol. The van der Waals surface area contributed by atoms with Crippen LogP contribution in [-0.4, -0.2) is 90.2 Å². The zero-order valence-electron chi connectivity index (χ0n) is 30.5. The summed E-state index contributed by atoms with van der Waals surface area (Å²) in [7, 11) is -4.37. The van der Waals surface area contributed by atoms with E-state index in [4.69, 9.17) is 14.0 Å². The molecule has 7 rings (SSSR count). The number of hydrogen-bond donors (Lipinski definition) is 4. The topological polar surface area (TPSA) is 211 Å². The average Bonchev–Trinajstić information content (AvgIpc) is 3.54. The van der Waals surface area contributed by atoms with Crippen LogP contribution in [0.15, 0.2) is 64.8 Å². The SMILES string of the molecule is C=C[C@@H]1C[C@@]12NC(=O)[C@@H]1C[C@@H](Oc3noc4cnccc34)CN1C(=O)[C@@H](NC(=O)OC1CCCC1)CCCCCCCNc1ccccc1S(=O)(=O)NC2=O. The number of nitrogens with zero attached hydrogens (tertiary/aromatic N) is 3. The summed E-state index contributed by atoms with van der Waals surface area (Å²) in [6.45, 7) is 4.25. The Morgan fingerprint density at radius 1 is 1.02 bits per heavy atom. The standard InChI is InChI=1S/C38H47N7O9S/c1-2-24-21-38(24)36(48)44-55(50,51)32-16-10-9-14-28(32)40-18-11-5-3-4-6-15-29(41-37(49)53-25-12-7-8-13-25)35(47)45-23-26(20-30(45)33(46)42-38)52-34-27-17-19-39-22-31(27)54-43-34/h2,9-10,14,16-17,19,22,24-26,29-30,40H,1,3-8,11-13,15,18,20-21,23H2,(H,41,49)(H,42,46)(H,44,48)/t24-,26-,29+,30+,38-/m1/s1. The van der Waals surface area contributed by atoms with Gasteiger partial charge in [-0.05, 0) is 68.3 Å². The van der Waals surface area contributed by atoms with Crippen molar-refractivity contribution in [3.8, 4) is 5.88 Å². The number of carbonyl (C=O) groups excluding carboxylic acids is 4. The zero-order chi connectivity index (χ0) is 38.6. The van der Waals surface area contributed by atoms with Gasteiger partial charge in [-0.2, -0.15) is 0 Å². The van der Waals surface area contributed by atoms with Gasteiger partial charge in [-0.3, -0.25) is 19.4 Å². The van der Waals surface area contributed by atoms with Gasteiger partial charge >= 0.3 is 6.09 Å². The second-order valence-corrected chi connectivity index (χ2v) is 16.4. The molecule has 4 N–H and O–H groups in total. The number of hydrogen-bond acceptors (Lipinski definition) is 12. The first-order valence-corrected chi connectivity index (χ1v) is 20.5. The van der Waals surface area contributed by atoms with E-state index < -0.39 is 63.5 Å². The Balaban J connectivity index is 1.18. The molecule has 0 bridgehead atoms. The van der Waals surface area contributed by atoms with E-state index in [9.17, 15) is 27.6 Å². The third kappa shape index (κ3) is 8.40. The highest BCUT2D eigenvalue weighted by atomic mass is 32.2. The number of anilines is 1. The van der Waals surface area contributed by atoms with Gasteiger partial charge < -0.3 is 34.8 Å². The summed E-state index contributed by atoms with van der Waals surface area (Å²) in [6.07, 6.45) is 10.6. The second kappa shape index (κ2) is 16.3. The molecule has 3 fully saturated rings. The fourth-order valence-electron chi connectivity index (χ4n) is 7.86. The van der Waals surface area contributed by atoms with Crippen LogP contribution in [-0.2, 0) is 29.1 Å². The first kappa shape index (κ1) is 38.1. The van der Waals surface area contributed by atoms with Crippen LogP contribution in [0, 0.1) is 5.92 Å². The predicted molar refractivity (Wildman–Crippen MR) is 199 cm³/mol. The van der Waals surface area contributed by atoms with Gasteiger partial charge in [-0.1, -0.05) is 43.9 Å². The molecule has 1 saturated heterocycles. The van der Waals surface area contributed by atoms with E-state index in [1.807, 2.05) is 0 Å². The molecule has 0 unspecified atom stereocenters. The van der Waals surface area contributed by atoms with Gasteiger partial charge in [0.25, 0.3) is 21.8 Å². The molecule has 17 heteroatoms. The highest BCUT2D eigenvalue weighted by Crippen LogP contribution is 2.45. The van der Waals surface area contributed by atoms with E-state index in [1.54, 1.807) is 30.5 Å². The van der Waals surface area contributed by atoms with Crippen LogP contribution < -0.4 is 25.4 Å². The third-order valence-corrected chi connectivity index (χ3v) is 12.4. The number of sulfonamides is 1. The van der Waals surface area contributed by atoms with Crippen molar-refractivity contribution in [3.63, 3.8) is 0 Å². The Bertz CT molecular complexity index is 2030. The van der Waals surface area contributed by atoms with E-state index in [0.717, 1.165) is 51.4 Å². The molecule has 3 aromatic rings. The minimum absolute atomic E-state index is 0.00402. The number of pyridine rings is 1. The molecule has 0 radical (unpaired) electrons. The number of carbonyl (C=O) groups is 4. The highest BCUT2D eigenvalue weighted by Gasteiger charge is 2.61. The van der Waals surface area contributed by atoms with Crippen LogP contribution in [0.1, 0.15) is 77.0 Å². The molecule has 294 valence electrons. The summed E-state index contributed by atoms with van der Waals surface area (Å²) < 4.78 is 46.8. The monoisotopic (exact) mass is 777 g/mol. The Labute approximate surface area is 319 Å². The lowest BCUT2D eigenvalue weighted by Gasteiger charge is -2.30. The second-order valence-electron chi connectivity index (χ2n) is 14.8. The molecule has 4 heterocycles. The van der Waals surface area contributed by atoms with Crippen LogP contribution in [0.2, 0.25) is 0 Å². The van der Waals surface area contributed by atoms with E-state index >= 15 is 0 Å². The maximum absolute atomic E-state index is 14.5. The lowest BCUT2D eigenvalue weighted by Crippen LogP contribution is -2.58. The fraction of sp³-hybridized carbons (Fsp3) is 0.526. The Morgan fingerprint density at radius 3 is 2.58 bits per heavy atom. The molecule has 55 heavy (non-hydrogen) atoms. The third-order valence-electron chi connectivity index (χ3n) is 11.0. The molecular weight excluding hydrogens is 731 g/mol. The summed E-state index contributed by atoms with van der Waals surface area (Å²) in [6, 6.07) is 5.85. The summed E-state index contributed by atoms with van der Waals surface area (Å²) in [5.74, 6) is -2.53. The van der Waals surface area contributed by atoms with E-state index in [1.165, 1.54) is 23.2 Å². The van der Waals surface area contributed by atoms with Gasteiger partial charge in [0.2, 0.25) is 11.8 Å². The van der Waals surface area contributed by atoms with Crippen molar-refractivity contribution < 1.29 is 41.6 Å². The predicted octanol–water partition coefficient (Wildman–Crippen LogP) is 3.94. The lowest BCUT2D eigenvalue weighted by atomic mass is 10.0. The Kier molecular flexibility index (Phi) is 11.3. The summed E-state index contributed by atoms with van der Waals surface area (Å²) in [5, 5.41) is 13.4. The molecule has 5 atom stereocenters. The molecule has 1 spiro atoms. The minimum Gasteiger partial charge on any atom is -0.470 e. The van der Waals surface area contributed by atoms with Gasteiger partial charge in [0.05, 0.1) is 23.8 Å². The molecule has 4 aliphatic rings. The lowest BCUT2D eigenvalue weighted by molar-refractivity contribution is -0.141. The first-order valence-electron chi connectivity index (χ1n) is 19.1. The van der Waals surface area contributed by atoms with Crippen molar-refractivity contribution >= 4 is 50.5 Å². The van der Waals surface area contributed by atoms with Gasteiger partial charge in [0.1, 0.15) is 34.7 Å². The molecular formula is C38H47N7O9S. The van der Waals surface area contributed by atoms with Crippen LogP contribution in [0.4, 0.5) is 10.5 Å². The molecule has 4 amide bonds. The van der Waals surface area contributed by atoms with E-state index in [0.29, 0.717) is 36.0 Å². The number of fused-ring (bicyclic) bond motifs is 3. The van der Waals surface area contributed by atoms with Crippen LogP contribution >= 0.6 is 0 Å². The van der Waals surface area contributed by atoms with Crippen molar-refractivity contribution in [1.82, 2.24) is 30.4 Å². The molecule has 2 aromatic heterocycles. The van der Waals surface area contributed by atoms with E-state index in [-0.39, 0.29) is 36.3 Å². The molecule has 1 aromatic carbocycles. The number of para-hydroxylation sites is 1. The number of alkyl carbamates (subject to hydrolysis) is 1. The maximum Gasteiger partial charge on any atom is 0.408 e. The Morgan fingerprint density at radius 2 is 1.78 bits per heavy atom. The smallest absolute Gasteiger partial charge is 0.408 e. The van der Waals surface area contributed by atoms with Crippen molar-refractivity contribution in [2.24, 2.45) is 5.92 Å². The van der Waals surface area contributed by atoms with Gasteiger partial charge in [-0.15, -0.1) is 6.58 Å². The first-order chi connectivity index (χ1) is 26.6. The van der Waals surface area contributed by atoms with Crippen molar-refractivity contribution in [2.75, 3.05) is 18.4 Å². The number of benzene rings is 1. The number of amides is 4. The van der Waals surface area contributed by atoms with Gasteiger partial charge in [-0.25, -0.2) is 17.9 Å². The summed E-state index contributed by atoms with van der Waals surface area (Å²) in [5.41, 5.74) is -0.892.